The minimum Gasteiger partial charge on any atom is -0.662 e. The number of nitrogen functional groups attached to an aromatic ring is 1. The van der Waals surface area contributed by atoms with E-state index in [0.717, 1.165) is 33.6 Å². The molecule has 0 bridgehead atoms. The Morgan fingerprint density at radius 3 is 1.61 bits per heavy atom. The molecule has 330 valence electrons. The van der Waals surface area contributed by atoms with Crippen LogP contribution in [-0.4, -0.2) is 62.7 Å². The first-order valence-electron chi connectivity index (χ1n) is 18.3. The number of halogens is 4. The van der Waals surface area contributed by atoms with Gasteiger partial charge in [0.1, 0.15) is 11.5 Å². The van der Waals surface area contributed by atoms with Crippen molar-refractivity contribution in [3.63, 3.8) is 0 Å². The van der Waals surface area contributed by atoms with Gasteiger partial charge in [0.2, 0.25) is 0 Å². The number of aryl methyl sites for hydroxylation is 2. The number of pyridine rings is 2. The summed E-state index contributed by atoms with van der Waals surface area (Å²) in [5, 5.41) is 8.72. The van der Waals surface area contributed by atoms with Crippen LogP contribution in [0.5, 0.6) is 0 Å². The molecule has 0 aliphatic carbocycles. The van der Waals surface area contributed by atoms with E-state index in [2.05, 4.69) is 43.9 Å². The molecular weight excluding hydrogens is 968 g/mol. The predicted octanol–water partition coefficient (Wildman–Crippen LogP) is 7.50. The van der Waals surface area contributed by atoms with Gasteiger partial charge in [-0.15, -0.1) is 0 Å². The molecule has 5 rings (SSSR count). The Balaban J connectivity index is 0.000000875. The number of rotatable bonds is 16. The van der Waals surface area contributed by atoms with Crippen LogP contribution in [0.15, 0.2) is 91.4 Å². The first-order valence-corrected chi connectivity index (χ1v) is 24.2. The van der Waals surface area contributed by atoms with Crippen LogP contribution >= 0.6 is 65.9 Å². The third-order valence-corrected chi connectivity index (χ3v) is 11.9. The smallest absolute Gasteiger partial charge is 0.662 e. The monoisotopic (exact) mass is 1020 g/mol. The maximum Gasteiger partial charge on any atom is 1.00 e. The summed E-state index contributed by atoms with van der Waals surface area (Å²) in [7, 11) is -6.16. The SMILES string of the molecule is CCOP(=O)(Cc1ccc(-c2cn3cc(C)ccc3n2)cc1)OCC.CCOP(=O)(Cc1ccc(C(=O)CBr)cc1)OCC.Cc1ccc(N)nc1.ClC(Cl)Cl.O=CO[O-].[Na+]. The average molecular weight is 1020 g/mol. The van der Waals surface area contributed by atoms with E-state index < -0.39 is 19.5 Å². The number of anilines is 1. The Morgan fingerprint density at radius 1 is 0.787 bits per heavy atom. The minimum absolute atomic E-state index is 0. The number of hydrogen-bond acceptors (Lipinski definition) is 13. The predicted molar refractivity (Wildman–Crippen MR) is 241 cm³/mol. The molecule has 3 aromatic heterocycles. The molecule has 61 heavy (non-hydrogen) atoms. The van der Waals surface area contributed by atoms with Crippen LogP contribution in [0, 0.1) is 13.8 Å². The van der Waals surface area contributed by atoms with Crippen molar-refractivity contribution >= 4 is 89.6 Å². The molecule has 0 amide bonds. The molecule has 0 aliphatic rings. The maximum atomic E-state index is 12.6. The fourth-order valence-corrected chi connectivity index (χ4v) is 8.59. The van der Waals surface area contributed by atoms with E-state index in [0.29, 0.717) is 43.1 Å². The molecule has 0 unspecified atom stereocenters. The second-order valence-electron chi connectivity index (χ2n) is 12.0. The second kappa shape index (κ2) is 32.5. The van der Waals surface area contributed by atoms with Gasteiger partial charge in [-0.05, 0) is 75.9 Å². The molecule has 0 saturated heterocycles. The van der Waals surface area contributed by atoms with E-state index in [4.69, 9.17) is 68.7 Å². The average Bonchev–Trinajstić information content (AvgIpc) is 3.63. The van der Waals surface area contributed by atoms with Gasteiger partial charge in [-0.1, -0.05) is 111 Å². The summed E-state index contributed by atoms with van der Waals surface area (Å²) in [6.45, 7) is 12.5. The van der Waals surface area contributed by atoms with Crippen LogP contribution in [0.2, 0.25) is 0 Å². The summed E-state index contributed by atoms with van der Waals surface area (Å²) in [4.78, 5) is 31.2. The van der Waals surface area contributed by atoms with Gasteiger partial charge in [0.15, 0.2) is 10.1 Å². The standard InChI is InChI=1S/C19H23N2O3P.C13H18BrO4P.C6H8N2.CHCl3.CH2O3.Na/c1-4-23-25(22,24-5-2)14-16-7-9-17(10-8-16)18-13-21-12-15(3)6-11-19(21)20-18;1-3-17-19(16,18-4-2)10-11-5-7-12(8-6-11)13(15)9-14;1-5-2-3-6(7)8-4-5;2-1(3)4;2-1-4-3;/h6-13H,4-5,14H2,1-3H3;5-8H,3-4,9-10H2,1-2H3;2-4H,1H3,(H2,7,8);1H;1,3H;/q;;;;;+1/p-1. The van der Waals surface area contributed by atoms with Gasteiger partial charge in [0.05, 0.1) is 49.8 Å². The van der Waals surface area contributed by atoms with Crippen LogP contribution in [0.3, 0.4) is 0 Å². The van der Waals surface area contributed by atoms with Gasteiger partial charge in [0, 0.05) is 29.7 Å². The van der Waals surface area contributed by atoms with Gasteiger partial charge < -0.3 is 38.4 Å². The zero-order valence-electron chi connectivity index (χ0n) is 35.2. The Bertz CT molecular complexity index is 2040. The fraction of sp³-hybridized carbons (Fsp3) is 0.350. The van der Waals surface area contributed by atoms with E-state index in [-0.39, 0.29) is 54.1 Å². The number of ketones is 1. The second-order valence-corrected chi connectivity index (χ2v) is 18.6. The number of nitrogens with two attached hydrogens (primary N) is 1. The molecule has 14 nitrogen and oxygen atoms in total. The van der Waals surface area contributed by atoms with Crippen LogP contribution < -0.4 is 40.5 Å². The van der Waals surface area contributed by atoms with E-state index in [9.17, 15) is 13.9 Å². The Kier molecular flexibility index (Phi) is 31.3. The van der Waals surface area contributed by atoms with Crippen molar-refractivity contribution in [2.24, 2.45) is 0 Å². The molecular formula is C40H51BrCl3N4NaO10P2. The largest absolute Gasteiger partial charge is 1.00 e. The topological polar surface area (TPSA) is 194 Å². The molecule has 3 heterocycles. The normalized spacial score (nSPS) is 10.6. The van der Waals surface area contributed by atoms with Crippen molar-refractivity contribution < 1.29 is 76.5 Å². The van der Waals surface area contributed by atoms with Crippen LogP contribution in [0.4, 0.5) is 5.82 Å². The quantitative estimate of drug-likeness (QED) is 0.0194. The van der Waals surface area contributed by atoms with Crippen LogP contribution in [0.25, 0.3) is 16.9 Å². The zero-order valence-corrected chi connectivity index (χ0v) is 42.8. The molecule has 21 heteroatoms. The number of Topliss-reactive ketones (excluding diaryl/α,β-unsaturated/α-hetero) is 1. The van der Waals surface area contributed by atoms with Gasteiger partial charge in [-0.25, -0.2) is 9.97 Å². The number of carbonyl (C=O) groups excluding carboxylic acids is 2. The number of carbonyl (C=O) groups is 2. The Labute approximate surface area is 403 Å². The van der Waals surface area contributed by atoms with E-state index in [1.54, 1.807) is 50.4 Å². The van der Waals surface area contributed by atoms with Gasteiger partial charge >= 0.3 is 44.7 Å². The van der Waals surface area contributed by atoms with Gasteiger partial charge in [-0.3, -0.25) is 18.7 Å². The van der Waals surface area contributed by atoms with Crippen molar-refractivity contribution in [3.8, 4) is 11.3 Å². The van der Waals surface area contributed by atoms with Gasteiger partial charge in [0.25, 0.3) is 6.47 Å². The van der Waals surface area contributed by atoms with Crippen molar-refractivity contribution in [2.75, 3.05) is 37.5 Å². The molecule has 2 N–H and O–H groups in total. The number of benzene rings is 2. The number of alkyl halides is 4. The fourth-order valence-electron chi connectivity index (χ4n) is 4.87. The molecule has 5 aromatic rings. The van der Waals surface area contributed by atoms with Gasteiger partial charge in [-0.2, -0.15) is 0 Å². The summed E-state index contributed by atoms with van der Waals surface area (Å²) < 4.78 is 47.4. The third kappa shape index (κ3) is 24.5. The number of hydrogen-bond donors (Lipinski definition) is 1. The van der Waals surface area contributed by atoms with Crippen LogP contribution in [0.1, 0.15) is 60.3 Å². The first kappa shape index (κ1) is 58.8. The molecule has 0 spiro atoms. The molecule has 0 saturated carbocycles. The minimum atomic E-state index is -3.08. The number of imidazole rings is 1. The zero-order chi connectivity index (χ0) is 45.1. The number of fused-ring (bicyclic) bond motifs is 1. The molecule has 2 aromatic carbocycles. The van der Waals surface area contributed by atoms with E-state index in [1.807, 2.05) is 73.8 Å². The molecule has 0 fully saturated rings. The Morgan fingerprint density at radius 2 is 1.23 bits per heavy atom. The summed E-state index contributed by atoms with van der Waals surface area (Å²) >= 11 is 17.5. The van der Waals surface area contributed by atoms with E-state index in [1.165, 1.54) is 5.56 Å². The van der Waals surface area contributed by atoms with Crippen molar-refractivity contribution in [1.82, 2.24) is 14.4 Å². The molecule has 0 aliphatic heterocycles. The van der Waals surface area contributed by atoms with Crippen LogP contribution in [-0.2, 0) is 49.2 Å². The maximum absolute atomic E-state index is 12.6. The van der Waals surface area contributed by atoms with Crippen molar-refractivity contribution in [1.29, 1.82) is 0 Å². The molecule has 0 atom stereocenters. The van der Waals surface area contributed by atoms with Crippen molar-refractivity contribution in [3.05, 3.63) is 119 Å². The van der Waals surface area contributed by atoms with Crippen molar-refractivity contribution in [2.45, 2.75) is 58.2 Å². The number of aromatic nitrogens is 3. The Hall–Kier alpha value is -2.17. The summed E-state index contributed by atoms with van der Waals surface area (Å²) in [6, 6.07) is 22.7. The first-order chi connectivity index (χ1) is 28.5. The van der Waals surface area contributed by atoms with E-state index >= 15 is 0 Å². The summed E-state index contributed by atoms with van der Waals surface area (Å²) in [5.41, 5.74) is 12.9. The molecule has 0 radical (unpaired) electrons. The third-order valence-electron chi connectivity index (χ3n) is 7.28. The summed E-state index contributed by atoms with van der Waals surface area (Å²) in [5.74, 6) is 0.597. The number of nitrogens with zero attached hydrogens (tertiary/aromatic N) is 3. The summed E-state index contributed by atoms with van der Waals surface area (Å²) in [6.07, 6.45) is 6.31.